The molecule has 0 aromatic carbocycles. The van der Waals surface area contributed by atoms with E-state index < -0.39 is 0 Å². The number of halogens is 1. The maximum absolute atomic E-state index is 5.85. The topological polar surface area (TPSA) is 56.3 Å². The molecule has 1 aromatic heterocycles. The minimum atomic E-state index is -0.179. The van der Waals surface area contributed by atoms with Crippen LogP contribution in [0.25, 0.3) is 0 Å². The largest absolute Gasteiger partial charge is 0.370 e. The van der Waals surface area contributed by atoms with E-state index in [1.54, 1.807) is 0 Å². The predicted octanol–water partition coefficient (Wildman–Crippen LogP) is 2.95. The van der Waals surface area contributed by atoms with Gasteiger partial charge in [-0.05, 0) is 39.3 Å². The van der Waals surface area contributed by atoms with Gasteiger partial charge >= 0.3 is 0 Å². The third-order valence-corrected chi connectivity index (χ3v) is 2.91. The lowest BCUT2D eigenvalue weighted by Gasteiger charge is -2.17. The summed E-state index contributed by atoms with van der Waals surface area (Å²) in [6.07, 6.45) is 0.572. The third-order valence-electron chi connectivity index (χ3n) is 2.74. The van der Waals surface area contributed by atoms with E-state index in [9.17, 15) is 0 Å². The van der Waals surface area contributed by atoms with E-state index >= 15 is 0 Å². The molecular weight excluding hydrogens is 266 g/mol. The number of ether oxygens (including phenoxy) is 2. The van der Waals surface area contributed by atoms with Crippen molar-refractivity contribution in [2.75, 3.05) is 25.1 Å². The molecule has 0 spiro atoms. The summed E-state index contributed by atoms with van der Waals surface area (Å²) in [6, 6.07) is 0. The number of hydrogen-bond acceptors (Lipinski definition) is 5. The highest BCUT2D eigenvalue weighted by Gasteiger charge is 2.10. The lowest BCUT2D eigenvalue weighted by atomic mass is 10.2. The molecule has 1 heterocycles. The molecule has 1 rings (SSSR count). The Morgan fingerprint density at radius 2 is 1.79 bits per heavy atom. The van der Waals surface area contributed by atoms with Gasteiger partial charge in [0.25, 0.3) is 0 Å². The molecule has 0 aliphatic heterocycles. The Morgan fingerprint density at radius 1 is 1.16 bits per heavy atom. The molecule has 0 aliphatic rings. The molecule has 0 amide bonds. The summed E-state index contributed by atoms with van der Waals surface area (Å²) in [4.78, 5) is 8.28. The lowest BCUT2D eigenvalue weighted by Crippen LogP contribution is -2.21. The Hall–Kier alpha value is -0.910. The molecule has 1 aromatic rings. The van der Waals surface area contributed by atoms with Crippen molar-refractivity contribution in [3.8, 4) is 0 Å². The Kier molecular flexibility index (Phi) is 7.05. The first-order chi connectivity index (χ1) is 9.08. The van der Waals surface area contributed by atoms with Gasteiger partial charge in [0.1, 0.15) is 5.82 Å². The fourth-order valence-electron chi connectivity index (χ4n) is 1.66. The van der Waals surface area contributed by atoms with Crippen LogP contribution in [-0.2, 0) is 9.47 Å². The van der Waals surface area contributed by atoms with Gasteiger partial charge in [-0.15, -0.1) is 0 Å². The fourth-order valence-corrected chi connectivity index (χ4v) is 1.87. The first-order valence-corrected chi connectivity index (χ1v) is 6.94. The maximum atomic E-state index is 5.85. The van der Waals surface area contributed by atoms with Gasteiger partial charge in [-0.3, -0.25) is 0 Å². The van der Waals surface area contributed by atoms with Crippen molar-refractivity contribution < 1.29 is 9.47 Å². The van der Waals surface area contributed by atoms with Crippen LogP contribution in [0.3, 0.4) is 0 Å². The van der Waals surface area contributed by atoms with Gasteiger partial charge in [-0.25, -0.2) is 9.97 Å². The zero-order valence-electron chi connectivity index (χ0n) is 12.0. The molecule has 5 nitrogen and oxygen atoms in total. The second kappa shape index (κ2) is 8.30. The van der Waals surface area contributed by atoms with Crippen LogP contribution >= 0.6 is 11.6 Å². The van der Waals surface area contributed by atoms with Gasteiger partial charge in [-0.2, -0.15) is 0 Å². The van der Waals surface area contributed by atoms with Crippen LogP contribution in [0.4, 0.5) is 5.82 Å². The first kappa shape index (κ1) is 16.1. The molecule has 0 bridgehead atoms. The monoisotopic (exact) mass is 287 g/mol. The molecule has 108 valence electrons. The molecule has 0 aliphatic carbocycles. The smallest absolute Gasteiger partial charge is 0.224 e. The predicted molar refractivity (Wildman–Crippen MR) is 76.7 cm³/mol. The highest BCUT2D eigenvalue weighted by atomic mass is 35.5. The highest BCUT2D eigenvalue weighted by Crippen LogP contribution is 2.17. The van der Waals surface area contributed by atoms with Crippen LogP contribution < -0.4 is 5.32 Å². The number of aromatic nitrogens is 2. The van der Waals surface area contributed by atoms with Crippen molar-refractivity contribution in [2.24, 2.45) is 0 Å². The Morgan fingerprint density at radius 3 is 2.37 bits per heavy atom. The van der Waals surface area contributed by atoms with Crippen LogP contribution in [0.1, 0.15) is 31.5 Å². The standard InChI is InChI=1S/C13H22ClN3O2/c1-5-18-11(19-6-2)7-8-15-12-9(3)10(4)16-13(14)17-12/h11H,5-8H2,1-4H3,(H,15,16,17). The molecule has 6 heteroatoms. The fraction of sp³-hybridized carbons (Fsp3) is 0.692. The average molecular weight is 288 g/mol. The van der Waals surface area contributed by atoms with E-state index in [2.05, 4.69) is 15.3 Å². The Bertz CT molecular complexity index is 396. The lowest BCUT2D eigenvalue weighted by molar-refractivity contribution is -0.137. The van der Waals surface area contributed by atoms with Crippen LogP contribution in [0, 0.1) is 13.8 Å². The van der Waals surface area contributed by atoms with Crippen molar-refractivity contribution in [1.29, 1.82) is 0 Å². The quantitative estimate of drug-likeness (QED) is 0.588. The number of hydrogen-bond donors (Lipinski definition) is 1. The molecule has 0 radical (unpaired) electrons. The van der Waals surface area contributed by atoms with Crippen LogP contribution in [0.15, 0.2) is 0 Å². The molecule has 0 saturated carbocycles. The van der Waals surface area contributed by atoms with Crippen molar-refractivity contribution in [1.82, 2.24) is 9.97 Å². The van der Waals surface area contributed by atoms with E-state index in [4.69, 9.17) is 21.1 Å². The van der Waals surface area contributed by atoms with E-state index in [0.29, 0.717) is 19.8 Å². The summed E-state index contributed by atoms with van der Waals surface area (Å²) in [7, 11) is 0. The van der Waals surface area contributed by atoms with E-state index in [1.807, 2.05) is 27.7 Å². The van der Waals surface area contributed by atoms with E-state index in [-0.39, 0.29) is 11.6 Å². The van der Waals surface area contributed by atoms with E-state index in [0.717, 1.165) is 23.5 Å². The molecular formula is C13H22ClN3O2. The normalized spacial score (nSPS) is 11.1. The van der Waals surface area contributed by atoms with Gasteiger partial charge in [0, 0.05) is 37.4 Å². The number of rotatable bonds is 8. The summed E-state index contributed by atoms with van der Waals surface area (Å²) in [6.45, 7) is 9.78. The second-order valence-electron chi connectivity index (χ2n) is 4.11. The summed E-state index contributed by atoms with van der Waals surface area (Å²) in [5.41, 5.74) is 1.89. The number of nitrogens with zero attached hydrogens (tertiary/aromatic N) is 2. The molecule has 0 saturated heterocycles. The zero-order valence-corrected chi connectivity index (χ0v) is 12.8. The maximum Gasteiger partial charge on any atom is 0.224 e. The van der Waals surface area contributed by atoms with Crippen LogP contribution in [0.2, 0.25) is 5.28 Å². The van der Waals surface area contributed by atoms with Crippen molar-refractivity contribution in [3.05, 3.63) is 16.5 Å². The molecule has 19 heavy (non-hydrogen) atoms. The number of anilines is 1. The number of nitrogens with one attached hydrogen (secondary N) is 1. The summed E-state index contributed by atoms with van der Waals surface area (Å²) in [5, 5.41) is 3.51. The zero-order chi connectivity index (χ0) is 14.3. The van der Waals surface area contributed by atoms with Gasteiger partial charge in [0.2, 0.25) is 5.28 Å². The third kappa shape index (κ3) is 5.30. The van der Waals surface area contributed by atoms with E-state index in [1.165, 1.54) is 0 Å². The van der Waals surface area contributed by atoms with Crippen molar-refractivity contribution >= 4 is 17.4 Å². The molecule has 0 fully saturated rings. The number of aryl methyl sites for hydroxylation is 1. The minimum absolute atomic E-state index is 0.179. The van der Waals surface area contributed by atoms with Crippen LogP contribution in [-0.4, -0.2) is 36.0 Å². The SMILES string of the molecule is CCOC(CCNc1nc(Cl)nc(C)c1C)OCC. The molecule has 0 atom stereocenters. The summed E-state index contributed by atoms with van der Waals surface area (Å²) >= 11 is 5.85. The molecule has 0 unspecified atom stereocenters. The van der Waals surface area contributed by atoms with Crippen LogP contribution in [0.5, 0.6) is 0 Å². The second-order valence-corrected chi connectivity index (χ2v) is 4.45. The van der Waals surface area contributed by atoms with Crippen molar-refractivity contribution in [2.45, 2.75) is 40.4 Å². The van der Waals surface area contributed by atoms with Gasteiger partial charge in [0.15, 0.2) is 6.29 Å². The minimum Gasteiger partial charge on any atom is -0.370 e. The Labute approximate surface area is 119 Å². The summed E-state index contributed by atoms with van der Waals surface area (Å²) in [5.74, 6) is 0.768. The van der Waals surface area contributed by atoms with Gasteiger partial charge in [-0.1, -0.05) is 0 Å². The van der Waals surface area contributed by atoms with Gasteiger partial charge in [0.05, 0.1) is 0 Å². The summed E-state index contributed by atoms with van der Waals surface area (Å²) < 4.78 is 11.0. The molecule has 1 N–H and O–H groups in total. The Balaban J connectivity index is 2.52. The average Bonchev–Trinajstić information content (AvgIpc) is 2.35. The van der Waals surface area contributed by atoms with Gasteiger partial charge < -0.3 is 14.8 Å². The highest BCUT2D eigenvalue weighted by molar-refractivity contribution is 6.28. The van der Waals surface area contributed by atoms with Crippen molar-refractivity contribution in [3.63, 3.8) is 0 Å². The first-order valence-electron chi connectivity index (χ1n) is 6.56.